The van der Waals surface area contributed by atoms with Gasteiger partial charge in [-0.05, 0) is 24.3 Å². The Hall–Kier alpha value is -2.86. The molecule has 1 heterocycles. The number of benzene rings is 2. The summed E-state index contributed by atoms with van der Waals surface area (Å²) in [7, 11) is 0. The zero-order valence-corrected chi connectivity index (χ0v) is 14.5. The highest BCUT2D eigenvalue weighted by atomic mass is 16.6. The van der Waals surface area contributed by atoms with Crippen molar-refractivity contribution in [1.82, 2.24) is 0 Å². The first kappa shape index (κ1) is 17.9. The lowest BCUT2D eigenvalue weighted by Crippen LogP contribution is -2.13. The van der Waals surface area contributed by atoms with Crippen molar-refractivity contribution in [3.8, 4) is 23.0 Å². The van der Waals surface area contributed by atoms with Crippen molar-refractivity contribution in [2.75, 3.05) is 39.6 Å². The molecule has 3 rings (SSSR count). The fourth-order valence-corrected chi connectivity index (χ4v) is 2.29. The van der Waals surface area contributed by atoms with Crippen LogP contribution in [0.5, 0.6) is 23.0 Å². The standard InChI is InChI=1S/C20H22O6/c1-2-6-18-17(5-1)23-13-9-21-11-15-25-19-7-3-4-8-20(19)26-16-12-22-10-14-24-18/h1-9,13H,10-12,14-16H2/b13-9-. The van der Waals surface area contributed by atoms with Crippen LogP contribution in [0, 0.1) is 0 Å². The third kappa shape index (κ3) is 5.60. The third-order valence-corrected chi connectivity index (χ3v) is 3.47. The summed E-state index contributed by atoms with van der Waals surface area (Å²) in [4.78, 5) is 0. The second-order valence-corrected chi connectivity index (χ2v) is 5.31. The van der Waals surface area contributed by atoms with Crippen molar-refractivity contribution in [2.24, 2.45) is 0 Å². The average Bonchev–Trinajstić information content (AvgIpc) is 2.68. The van der Waals surface area contributed by atoms with Gasteiger partial charge in [-0.25, -0.2) is 0 Å². The van der Waals surface area contributed by atoms with Crippen LogP contribution < -0.4 is 18.9 Å². The number of rotatable bonds is 0. The molecule has 0 fully saturated rings. The lowest BCUT2D eigenvalue weighted by molar-refractivity contribution is 0.0744. The molecule has 6 heteroatoms. The molecule has 0 unspecified atom stereocenters. The van der Waals surface area contributed by atoms with E-state index in [2.05, 4.69) is 0 Å². The summed E-state index contributed by atoms with van der Waals surface area (Å²) in [5, 5.41) is 0. The molecule has 0 atom stereocenters. The van der Waals surface area contributed by atoms with Gasteiger partial charge in [-0.2, -0.15) is 0 Å². The maximum atomic E-state index is 5.72. The van der Waals surface area contributed by atoms with Crippen molar-refractivity contribution in [3.63, 3.8) is 0 Å². The molecule has 6 nitrogen and oxygen atoms in total. The summed E-state index contributed by atoms with van der Waals surface area (Å²) < 4.78 is 33.6. The van der Waals surface area contributed by atoms with Gasteiger partial charge in [0.15, 0.2) is 23.0 Å². The van der Waals surface area contributed by atoms with Crippen molar-refractivity contribution >= 4 is 0 Å². The second-order valence-electron chi connectivity index (χ2n) is 5.31. The first-order valence-electron chi connectivity index (χ1n) is 8.51. The minimum absolute atomic E-state index is 0.384. The summed E-state index contributed by atoms with van der Waals surface area (Å²) >= 11 is 0. The van der Waals surface area contributed by atoms with E-state index in [1.165, 1.54) is 12.5 Å². The van der Waals surface area contributed by atoms with Gasteiger partial charge in [0.2, 0.25) is 0 Å². The summed E-state index contributed by atoms with van der Waals surface area (Å²) in [5.74, 6) is 2.62. The molecule has 1 aliphatic heterocycles. The Morgan fingerprint density at radius 1 is 0.500 bits per heavy atom. The van der Waals surface area contributed by atoms with Gasteiger partial charge >= 0.3 is 0 Å². The molecule has 0 bridgehead atoms. The number of fused-ring (bicyclic) bond motifs is 2. The summed E-state index contributed by atoms with van der Waals surface area (Å²) in [6.07, 6.45) is 2.95. The Morgan fingerprint density at radius 2 is 1.00 bits per heavy atom. The Bertz CT molecular complexity index is 700. The van der Waals surface area contributed by atoms with Gasteiger partial charge < -0.3 is 28.4 Å². The first-order chi connectivity index (χ1) is 12.9. The minimum atomic E-state index is 0.384. The van der Waals surface area contributed by atoms with Crippen LogP contribution in [0.1, 0.15) is 0 Å². The lowest BCUT2D eigenvalue weighted by atomic mass is 10.3. The fraction of sp³-hybridized carbons (Fsp3) is 0.300. The zero-order valence-electron chi connectivity index (χ0n) is 14.5. The molecule has 0 aliphatic carbocycles. The quantitative estimate of drug-likeness (QED) is 0.719. The molecule has 2 aromatic rings. The van der Waals surface area contributed by atoms with Gasteiger partial charge in [0.1, 0.15) is 39.0 Å². The van der Waals surface area contributed by atoms with E-state index in [1.807, 2.05) is 48.5 Å². The predicted octanol–water partition coefficient (Wildman–Crippen LogP) is 3.42. The molecule has 1 aliphatic rings. The van der Waals surface area contributed by atoms with Crippen molar-refractivity contribution in [2.45, 2.75) is 0 Å². The number of hydrogen-bond donors (Lipinski definition) is 0. The van der Waals surface area contributed by atoms with Gasteiger partial charge in [-0.1, -0.05) is 24.3 Å². The Labute approximate surface area is 152 Å². The van der Waals surface area contributed by atoms with Gasteiger partial charge in [0.05, 0.1) is 13.2 Å². The largest absolute Gasteiger partial charge is 0.494 e. The Morgan fingerprint density at radius 3 is 1.62 bits per heavy atom. The first-order valence-corrected chi connectivity index (χ1v) is 8.51. The molecule has 26 heavy (non-hydrogen) atoms. The predicted molar refractivity (Wildman–Crippen MR) is 95.9 cm³/mol. The maximum absolute atomic E-state index is 5.72. The molecule has 0 N–H and O–H groups in total. The molecule has 0 aromatic heterocycles. The van der Waals surface area contributed by atoms with E-state index < -0.39 is 0 Å². The lowest BCUT2D eigenvalue weighted by Gasteiger charge is -2.14. The topological polar surface area (TPSA) is 55.4 Å². The van der Waals surface area contributed by atoms with Crippen molar-refractivity contribution in [1.29, 1.82) is 0 Å². The van der Waals surface area contributed by atoms with Crippen LogP contribution in [0.3, 0.4) is 0 Å². The summed E-state index contributed by atoms with van der Waals surface area (Å²) in [6, 6.07) is 15.0. The van der Waals surface area contributed by atoms with Gasteiger partial charge in [0, 0.05) is 0 Å². The SMILES string of the molecule is C1=C\Oc2ccccc2OCCOCCOc2ccccc2OCCO/1. The fourth-order valence-electron chi connectivity index (χ4n) is 2.29. The summed E-state index contributed by atoms with van der Waals surface area (Å²) in [5.41, 5.74) is 0. The molecule has 0 saturated carbocycles. The van der Waals surface area contributed by atoms with Crippen LogP contribution in [0.2, 0.25) is 0 Å². The van der Waals surface area contributed by atoms with Crippen molar-refractivity contribution < 1.29 is 28.4 Å². The van der Waals surface area contributed by atoms with E-state index in [0.29, 0.717) is 62.6 Å². The van der Waals surface area contributed by atoms with Crippen LogP contribution in [0.15, 0.2) is 61.1 Å². The maximum Gasteiger partial charge on any atom is 0.168 e. The van der Waals surface area contributed by atoms with Crippen LogP contribution in [-0.4, -0.2) is 39.6 Å². The Balaban J connectivity index is 1.61. The molecule has 0 amide bonds. The van der Waals surface area contributed by atoms with Crippen LogP contribution in [-0.2, 0) is 9.47 Å². The molecule has 2 aromatic carbocycles. The van der Waals surface area contributed by atoms with E-state index >= 15 is 0 Å². The van der Waals surface area contributed by atoms with E-state index in [4.69, 9.17) is 28.4 Å². The van der Waals surface area contributed by atoms with E-state index in [0.717, 1.165) is 0 Å². The molecule has 0 saturated heterocycles. The number of hydrogen-bond acceptors (Lipinski definition) is 6. The number of ether oxygens (including phenoxy) is 6. The molecular formula is C20H22O6. The van der Waals surface area contributed by atoms with E-state index in [1.54, 1.807) is 0 Å². The second kappa shape index (κ2) is 10.2. The zero-order chi connectivity index (χ0) is 17.9. The molecule has 0 spiro atoms. The minimum Gasteiger partial charge on any atom is -0.494 e. The number of para-hydroxylation sites is 4. The van der Waals surface area contributed by atoms with E-state index in [9.17, 15) is 0 Å². The van der Waals surface area contributed by atoms with Crippen LogP contribution in [0.25, 0.3) is 0 Å². The average molecular weight is 358 g/mol. The highest BCUT2D eigenvalue weighted by Crippen LogP contribution is 2.27. The normalized spacial score (nSPS) is 17.2. The van der Waals surface area contributed by atoms with Crippen molar-refractivity contribution in [3.05, 3.63) is 61.1 Å². The third-order valence-electron chi connectivity index (χ3n) is 3.47. The summed E-state index contributed by atoms with van der Waals surface area (Å²) in [6.45, 7) is 2.53. The molecule has 138 valence electrons. The highest BCUT2D eigenvalue weighted by Gasteiger charge is 2.05. The van der Waals surface area contributed by atoms with Crippen LogP contribution in [0.4, 0.5) is 0 Å². The van der Waals surface area contributed by atoms with Gasteiger partial charge in [-0.15, -0.1) is 0 Å². The van der Waals surface area contributed by atoms with Crippen LogP contribution >= 0.6 is 0 Å². The molecule has 0 radical (unpaired) electrons. The monoisotopic (exact) mass is 358 g/mol. The van der Waals surface area contributed by atoms with Gasteiger partial charge in [-0.3, -0.25) is 0 Å². The highest BCUT2D eigenvalue weighted by molar-refractivity contribution is 5.40. The molecular weight excluding hydrogens is 336 g/mol. The smallest absolute Gasteiger partial charge is 0.168 e. The van der Waals surface area contributed by atoms with Gasteiger partial charge in [0.25, 0.3) is 0 Å². The van der Waals surface area contributed by atoms with E-state index in [-0.39, 0.29) is 0 Å². The Kier molecular flexibility index (Phi) is 7.04.